The van der Waals surface area contributed by atoms with Gasteiger partial charge in [0.1, 0.15) is 5.82 Å². The number of alkyl halides is 3. The quantitative estimate of drug-likeness (QED) is 0.399. The van der Waals surface area contributed by atoms with E-state index in [0.29, 0.717) is 34.9 Å². The lowest BCUT2D eigenvalue weighted by Crippen LogP contribution is -2.29. The first-order valence-electron chi connectivity index (χ1n) is 11.6. The number of carboxylic acid groups (broad SMARTS) is 1. The molecular weight excluding hydrogens is 478 g/mol. The Morgan fingerprint density at radius 2 is 1.89 bits per heavy atom. The minimum absolute atomic E-state index is 0.0476. The number of aryl methyl sites for hydroxylation is 1. The number of carbonyl (C=O) groups excluding carboxylic acids is 1. The number of aromatic nitrogens is 2. The van der Waals surface area contributed by atoms with Gasteiger partial charge < -0.3 is 10.4 Å². The lowest BCUT2D eigenvalue weighted by molar-refractivity contribution is -0.137. The van der Waals surface area contributed by atoms with Gasteiger partial charge in [0.05, 0.1) is 28.8 Å². The third-order valence-electron chi connectivity index (χ3n) is 7.16. The Kier molecular flexibility index (Phi) is 5.65. The molecule has 2 saturated carbocycles. The highest BCUT2D eigenvalue weighted by molar-refractivity contribution is 6.04. The molecule has 10 heteroatoms. The molecule has 2 fully saturated rings. The molecule has 0 atom stereocenters. The van der Waals surface area contributed by atoms with E-state index < -0.39 is 34.8 Å². The first kappa shape index (κ1) is 24.0. The highest BCUT2D eigenvalue weighted by Crippen LogP contribution is 2.51. The second-order valence-corrected chi connectivity index (χ2v) is 9.54. The first-order chi connectivity index (χ1) is 17.0. The fraction of sp³-hybridized carbons (Fsp3) is 0.346. The number of aromatic carboxylic acids is 1. The highest BCUT2D eigenvalue weighted by atomic mass is 19.4. The SMILES string of the molecule is Cc1cc(NC(=O)C2(c3cc(C(F)(F)F)ccc3F)CC2)cc(C(=O)O)c1-c1cnn(C2CCC2)c1. The fourth-order valence-corrected chi connectivity index (χ4v) is 4.79. The number of benzene rings is 2. The van der Waals surface area contributed by atoms with Gasteiger partial charge >= 0.3 is 12.1 Å². The van der Waals surface area contributed by atoms with Crippen LogP contribution in [0.3, 0.4) is 0 Å². The van der Waals surface area contributed by atoms with E-state index in [2.05, 4.69) is 10.4 Å². The minimum atomic E-state index is -4.68. The maximum Gasteiger partial charge on any atom is 0.416 e. The van der Waals surface area contributed by atoms with E-state index in [0.717, 1.165) is 25.3 Å². The number of rotatable bonds is 6. The van der Waals surface area contributed by atoms with E-state index in [1.807, 2.05) is 10.9 Å². The number of amides is 1. The van der Waals surface area contributed by atoms with Crippen molar-refractivity contribution in [3.8, 4) is 11.1 Å². The summed E-state index contributed by atoms with van der Waals surface area (Å²) in [7, 11) is 0. The van der Waals surface area contributed by atoms with E-state index in [9.17, 15) is 32.3 Å². The van der Waals surface area contributed by atoms with Gasteiger partial charge in [0.25, 0.3) is 0 Å². The molecule has 2 N–H and O–H groups in total. The number of nitrogens with one attached hydrogen (secondary N) is 1. The van der Waals surface area contributed by atoms with Crippen LogP contribution < -0.4 is 5.32 Å². The Morgan fingerprint density at radius 1 is 1.17 bits per heavy atom. The number of nitrogens with zero attached hydrogens (tertiary/aromatic N) is 2. The maximum absolute atomic E-state index is 14.5. The Morgan fingerprint density at radius 3 is 2.47 bits per heavy atom. The van der Waals surface area contributed by atoms with E-state index in [1.54, 1.807) is 19.2 Å². The molecule has 1 amide bonds. The van der Waals surface area contributed by atoms with Gasteiger partial charge in [0, 0.05) is 28.6 Å². The number of carbonyl (C=O) groups is 2. The molecule has 36 heavy (non-hydrogen) atoms. The van der Waals surface area contributed by atoms with Gasteiger partial charge in [0.15, 0.2) is 0 Å². The molecule has 2 aromatic carbocycles. The molecule has 0 radical (unpaired) electrons. The number of carboxylic acids is 1. The van der Waals surface area contributed by atoms with Crippen LogP contribution in [0.5, 0.6) is 0 Å². The van der Waals surface area contributed by atoms with E-state index in [-0.39, 0.29) is 29.7 Å². The molecule has 0 aliphatic heterocycles. The van der Waals surface area contributed by atoms with Crippen molar-refractivity contribution < 1.29 is 32.3 Å². The number of anilines is 1. The second kappa shape index (κ2) is 8.46. The predicted octanol–water partition coefficient (Wildman–Crippen LogP) is 6.11. The zero-order valence-electron chi connectivity index (χ0n) is 19.3. The van der Waals surface area contributed by atoms with E-state index in [4.69, 9.17) is 0 Å². The lowest BCUT2D eigenvalue weighted by atomic mass is 9.91. The third-order valence-corrected chi connectivity index (χ3v) is 7.16. The van der Waals surface area contributed by atoms with Crippen molar-refractivity contribution in [3.05, 3.63) is 70.8 Å². The molecule has 0 spiro atoms. The van der Waals surface area contributed by atoms with Crippen molar-refractivity contribution in [2.75, 3.05) is 5.32 Å². The zero-order valence-corrected chi connectivity index (χ0v) is 19.3. The predicted molar refractivity (Wildman–Crippen MR) is 123 cm³/mol. The topological polar surface area (TPSA) is 84.2 Å². The summed E-state index contributed by atoms with van der Waals surface area (Å²) in [5, 5.41) is 16.9. The van der Waals surface area contributed by atoms with Crippen LogP contribution in [-0.4, -0.2) is 26.8 Å². The zero-order chi connectivity index (χ0) is 25.8. The Labute approximate surface area is 203 Å². The van der Waals surface area contributed by atoms with Crippen LogP contribution in [0.1, 0.15) is 65.2 Å². The van der Waals surface area contributed by atoms with E-state index in [1.165, 1.54) is 6.07 Å². The van der Waals surface area contributed by atoms with Crippen LogP contribution in [-0.2, 0) is 16.4 Å². The molecule has 0 unspecified atom stereocenters. The molecular formula is C26H23F4N3O3. The third kappa shape index (κ3) is 4.14. The van der Waals surface area contributed by atoms with Crippen LogP contribution in [0.4, 0.5) is 23.2 Å². The van der Waals surface area contributed by atoms with Crippen molar-refractivity contribution in [1.82, 2.24) is 9.78 Å². The van der Waals surface area contributed by atoms with E-state index >= 15 is 0 Å². The van der Waals surface area contributed by atoms with Crippen molar-refractivity contribution in [2.24, 2.45) is 0 Å². The van der Waals surface area contributed by atoms with Gasteiger partial charge in [-0.15, -0.1) is 0 Å². The van der Waals surface area contributed by atoms with Gasteiger partial charge in [-0.1, -0.05) is 0 Å². The minimum Gasteiger partial charge on any atom is -0.478 e. The first-order valence-corrected chi connectivity index (χ1v) is 11.6. The van der Waals surface area contributed by atoms with Crippen LogP contribution in [0, 0.1) is 12.7 Å². The molecule has 188 valence electrons. The summed E-state index contributed by atoms with van der Waals surface area (Å²) in [6.07, 6.45) is 2.27. The normalized spacial score (nSPS) is 16.9. The molecule has 2 aliphatic rings. The number of halogens is 4. The Bertz CT molecular complexity index is 1370. The Hall–Kier alpha value is -3.69. The molecule has 0 bridgehead atoms. The van der Waals surface area contributed by atoms with Crippen molar-refractivity contribution in [1.29, 1.82) is 0 Å². The molecule has 2 aliphatic carbocycles. The highest BCUT2D eigenvalue weighted by Gasteiger charge is 2.53. The standard InChI is InChI=1S/C26H23F4N3O3/c1-14-9-17(11-19(23(34)35)22(14)15-12-31-33(13-15)18-3-2-4-18)32-24(36)25(7-8-25)20-10-16(26(28,29)30)5-6-21(20)27/h5-6,9-13,18H,2-4,7-8H2,1H3,(H,32,36)(H,34,35). The van der Waals surface area contributed by atoms with Crippen molar-refractivity contribution in [3.63, 3.8) is 0 Å². The van der Waals surface area contributed by atoms with Crippen molar-refractivity contribution in [2.45, 2.75) is 56.7 Å². The summed E-state index contributed by atoms with van der Waals surface area (Å²) < 4.78 is 55.9. The summed E-state index contributed by atoms with van der Waals surface area (Å²) in [4.78, 5) is 25.3. The van der Waals surface area contributed by atoms with Crippen LogP contribution in [0.15, 0.2) is 42.7 Å². The summed E-state index contributed by atoms with van der Waals surface area (Å²) >= 11 is 0. The lowest BCUT2D eigenvalue weighted by Gasteiger charge is -2.25. The summed E-state index contributed by atoms with van der Waals surface area (Å²) in [6, 6.07) is 5.24. The molecule has 1 aromatic heterocycles. The molecule has 3 aromatic rings. The summed E-state index contributed by atoms with van der Waals surface area (Å²) in [5.74, 6) is -2.77. The monoisotopic (exact) mass is 501 g/mol. The average Bonchev–Trinajstić information content (AvgIpc) is 3.44. The van der Waals surface area contributed by atoms with Crippen molar-refractivity contribution >= 4 is 17.6 Å². The fourth-order valence-electron chi connectivity index (χ4n) is 4.79. The maximum atomic E-state index is 14.5. The van der Waals surface area contributed by atoms with Gasteiger partial charge in [-0.05, 0) is 74.9 Å². The molecule has 6 nitrogen and oxygen atoms in total. The van der Waals surface area contributed by atoms with Crippen LogP contribution in [0.2, 0.25) is 0 Å². The van der Waals surface area contributed by atoms with Gasteiger partial charge in [-0.3, -0.25) is 9.48 Å². The molecule has 5 rings (SSSR count). The number of hydrogen-bond acceptors (Lipinski definition) is 3. The van der Waals surface area contributed by atoms with Crippen LogP contribution >= 0.6 is 0 Å². The van der Waals surface area contributed by atoms with Gasteiger partial charge in [-0.2, -0.15) is 18.3 Å². The van der Waals surface area contributed by atoms with Gasteiger partial charge in [0.2, 0.25) is 5.91 Å². The van der Waals surface area contributed by atoms with Crippen LogP contribution in [0.25, 0.3) is 11.1 Å². The molecule has 0 saturated heterocycles. The number of hydrogen-bond donors (Lipinski definition) is 2. The average molecular weight is 501 g/mol. The molecule has 1 heterocycles. The largest absolute Gasteiger partial charge is 0.478 e. The summed E-state index contributed by atoms with van der Waals surface area (Å²) in [6.45, 7) is 1.71. The second-order valence-electron chi connectivity index (χ2n) is 9.54. The smallest absolute Gasteiger partial charge is 0.416 e. The Balaban J connectivity index is 1.45. The van der Waals surface area contributed by atoms with Gasteiger partial charge in [-0.25, -0.2) is 9.18 Å². The summed E-state index contributed by atoms with van der Waals surface area (Å²) in [5.41, 5.74) is -0.981.